The van der Waals surface area contributed by atoms with Crippen molar-refractivity contribution in [1.29, 1.82) is 0 Å². The molecule has 2 N–H and O–H groups in total. The zero-order valence-electron chi connectivity index (χ0n) is 11.4. The summed E-state index contributed by atoms with van der Waals surface area (Å²) in [6.45, 7) is 0. The fourth-order valence-corrected chi connectivity index (χ4v) is 3.63. The van der Waals surface area contributed by atoms with Gasteiger partial charge in [0.1, 0.15) is 5.75 Å². The Hall–Kier alpha value is -1.07. The second-order valence-corrected chi connectivity index (χ2v) is 6.22. The molecule has 0 bridgehead atoms. The van der Waals surface area contributed by atoms with Crippen LogP contribution in [0, 0.1) is 0 Å². The maximum Gasteiger partial charge on any atom is 0.306 e. The number of rotatable bonds is 4. The minimum atomic E-state index is -1.15. The lowest BCUT2D eigenvalue weighted by atomic mass is 9.70. The summed E-state index contributed by atoms with van der Waals surface area (Å²) in [5, 5.41) is 19.8. The van der Waals surface area contributed by atoms with Gasteiger partial charge in [0.2, 0.25) is 0 Å². The summed E-state index contributed by atoms with van der Waals surface area (Å²) in [6, 6.07) is 5.67. The van der Waals surface area contributed by atoms with Crippen molar-refractivity contribution in [1.82, 2.24) is 0 Å². The molecule has 5 heteroatoms. The molecule has 1 aromatic carbocycles. The molecule has 0 spiro atoms. The van der Waals surface area contributed by atoms with E-state index in [0.717, 1.165) is 35.0 Å². The molecule has 0 aromatic heterocycles. The molecule has 0 amide bonds. The summed E-state index contributed by atoms with van der Waals surface area (Å²) in [5.74, 6) is -0.368. The van der Waals surface area contributed by atoms with Crippen molar-refractivity contribution >= 4 is 21.9 Å². The first-order chi connectivity index (χ1) is 9.46. The first kappa shape index (κ1) is 15.3. The highest BCUT2D eigenvalue weighted by Crippen LogP contribution is 2.44. The zero-order valence-corrected chi connectivity index (χ0v) is 13.0. The van der Waals surface area contributed by atoms with Crippen LogP contribution in [-0.4, -0.2) is 28.9 Å². The molecule has 2 atom stereocenters. The van der Waals surface area contributed by atoms with E-state index in [4.69, 9.17) is 9.84 Å². The number of benzene rings is 1. The normalized spacial score (nSPS) is 26.2. The summed E-state index contributed by atoms with van der Waals surface area (Å²) < 4.78 is 6.02. The maximum atomic E-state index is 11.0. The molecule has 0 radical (unpaired) electrons. The highest BCUT2D eigenvalue weighted by Gasteiger charge is 2.41. The number of carboxylic acid groups (broad SMARTS) is 1. The average Bonchev–Trinajstić information content (AvgIpc) is 2.37. The lowest BCUT2D eigenvalue weighted by Gasteiger charge is -2.39. The lowest BCUT2D eigenvalue weighted by molar-refractivity contribution is -0.145. The molecular weight excluding hydrogens is 324 g/mol. The topological polar surface area (TPSA) is 66.8 Å². The van der Waals surface area contributed by atoms with E-state index in [1.807, 2.05) is 18.2 Å². The lowest BCUT2D eigenvalue weighted by Crippen LogP contribution is -2.41. The number of carbonyl (C=O) groups is 1. The third-order valence-electron chi connectivity index (χ3n) is 4.04. The van der Waals surface area contributed by atoms with Crippen LogP contribution in [0.5, 0.6) is 5.75 Å². The van der Waals surface area contributed by atoms with Crippen LogP contribution < -0.4 is 4.74 Å². The molecule has 0 aliphatic heterocycles. The van der Waals surface area contributed by atoms with Crippen LogP contribution in [0.1, 0.15) is 43.6 Å². The molecular formula is C15H19BrO4. The van der Waals surface area contributed by atoms with E-state index in [1.165, 1.54) is 0 Å². The van der Waals surface area contributed by atoms with E-state index in [0.29, 0.717) is 6.42 Å². The molecule has 1 saturated carbocycles. The molecule has 1 aromatic rings. The third-order valence-corrected chi connectivity index (χ3v) is 4.66. The molecule has 2 rings (SSSR count). The van der Waals surface area contributed by atoms with Crippen molar-refractivity contribution in [3.05, 3.63) is 28.2 Å². The Morgan fingerprint density at radius 1 is 1.50 bits per heavy atom. The minimum absolute atomic E-state index is 0.144. The quantitative estimate of drug-likeness (QED) is 0.880. The number of hydrogen-bond acceptors (Lipinski definition) is 3. The van der Waals surface area contributed by atoms with Gasteiger partial charge in [-0.25, -0.2) is 0 Å². The number of carboxylic acids is 1. The predicted molar refractivity (Wildman–Crippen MR) is 79.1 cm³/mol. The van der Waals surface area contributed by atoms with Crippen LogP contribution in [-0.2, 0) is 4.79 Å². The first-order valence-electron chi connectivity index (χ1n) is 6.74. The van der Waals surface area contributed by atoms with Crippen LogP contribution in [0.2, 0.25) is 0 Å². The van der Waals surface area contributed by atoms with Crippen molar-refractivity contribution < 1.29 is 19.7 Å². The average molecular weight is 343 g/mol. The Balaban J connectivity index is 2.32. The van der Waals surface area contributed by atoms with Gasteiger partial charge >= 0.3 is 5.97 Å². The standard InChI is InChI=1S/C15H19BrO4/c1-20-13-6-5-10(8-12(13)16)11-4-2-3-7-15(11,19)9-14(17)18/h5-6,8,11,19H,2-4,7,9H2,1H3,(H,17,18). The number of ether oxygens (including phenoxy) is 1. The van der Waals surface area contributed by atoms with E-state index in [9.17, 15) is 9.90 Å². The zero-order chi connectivity index (χ0) is 14.8. The van der Waals surface area contributed by atoms with Gasteiger partial charge in [-0.2, -0.15) is 0 Å². The summed E-state index contributed by atoms with van der Waals surface area (Å²) in [6.07, 6.45) is 3.02. The Morgan fingerprint density at radius 3 is 2.85 bits per heavy atom. The molecule has 1 aliphatic rings. The number of aliphatic hydroxyl groups is 1. The monoisotopic (exact) mass is 342 g/mol. The Bertz CT molecular complexity index is 503. The van der Waals surface area contributed by atoms with Crippen molar-refractivity contribution in [3.63, 3.8) is 0 Å². The van der Waals surface area contributed by atoms with Gasteiger partial charge in [0.15, 0.2) is 0 Å². The van der Waals surface area contributed by atoms with Crippen LogP contribution in [0.3, 0.4) is 0 Å². The van der Waals surface area contributed by atoms with Crippen LogP contribution in [0.25, 0.3) is 0 Å². The molecule has 2 unspecified atom stereocenters. The van der Waals surface area contributed by atoms with Gasteiger partial charge < -0.3 is 14.9 Å². The highest BCUT2D eigenvalue weighted by atomic mass is 79.9. The molecule has 0 heterocycles. The minimum Gasteiger partial charge on any atom is -0.496 e. The first-order valence-corrected chi connectivity index (χ1v) is 7.53. The van der Waals surface area contributed by atoms with Gasteiger partial charge in [-0.3, -0.25) is 4.79 Å². The second kappa shape index (κ2) is 6.14. The van der Waals surface area contributed by atoms with Gasteiger partial charge in [0, 0.05) is 5.92 Å². The summed E-state index contributed by atoms with van der Waals surface area (Å²) in [4.78, 5) is 11.0. The van der Waals surface area contributed by atoms with E-state index in [1.54, 1.807) is 7.11 Å². The van der Waals surface area contributed by atoms with E-state index >= 15 is 0 Å². The molecule has 1 fully saturated rings. The van der Waals surface area contributed by atoms with Gasteiger partial charge in [-0.15, -0.1) is 0 Å². The van der Waals surface area contributed by atoms with Crippen molar-refractivity contribution in [2.45, 2.75) is 43.6 Å². The SMILES string of the molecule is COc1ccc(C2CCCCC2(O)CC(=O)O)cc1Br. The second-order valence-electron chi connectivity index (χ2n) is 5.37. The van der Waals surface area contributed by atoms with Crippen LogP contribution in [0.15, 0.2) is 22.7 Å². The van der Waals surface area contributed by atoms with Gasteiger partial charge in [0.05, 0.1) is 23.6 Å². The Kier molecular flexibility index (Phi) is 4.70. The van der Waals surface area contributed by atoms with Gasteiger partial charge in [-0.05, 0) is 46.5 Å². The van der Waals surface area contributed by atoms with Gasteiger partial charge in [-0.1, -0.05) is 18.9 Å². The van der Waals surface area contributed by atoms with Gasteiger partial charge in [0.25, 0.3) is 0 Å². The molecule has 20 heavy (non-hydrogen) atoms. The summed E-state index contributed by atoms with van der Waals surface area (Å²) in [7, 11) is 1.60. The van der Waals surface area contributed by atoms with E-state index < -0.39 is 11.6 Å². The number of aliphatic carboxylic acids is 1. The largest absolute Gasteiger partial charge is 0.496 e. The summed E-state index contributed by atoms with van der Waals surface area (Å²) in [5.41, 5.74) is -0.195. The fraction of sp³-hybridized carbons (Fsp3) is 0.533. The maximum absolute atomic E-state index is 11.0. The van der Waals surface area contributed by atoms with E-state index in [2.05, 4.69) is 15.9 Å². The van der Waals surface area contributed by atoms with Crippen molar-refractivity contribution in [2.24, 2.45) is 0 Å². The molecule has 4 nitrogen and oxygen atoms in total. The fourth-order valence-electron chi connectivity index (χ4n) is 3.07. The van der Waals surface area contributed by atoms with Crippen LogP contribution in [0.4, 0.5) is 0 Å². The van der Waals surface area contributed by atoms with E-state index in [-0.39, 0.29) is 12.3 Å². The Labute approximate surface area is 126 Å². The predicted octanol–water partition coefficient (Wildman–Crippen LogP) is 3.32. The van der Waals surface area contributed by atoms with Crippen molar-refractivity contribution in [2.75, 3.05) is 7.11 Å². The Morgan fingerprint density at radius 2 is 2.25 bits per heavy atom. The van der Waals surface area contributed by atoms with Crippen LogP contribution >= 0.6 is 15.9 Å². The molecule has 0 saturated heterocycles. The summed E-state index contributed by atoms with van der Waals surface area (Å²) >= 11 is 3.44. The smallest absolute Gasteiger partial charge is 0.306 e. The number of methoxy groups -OCH3 is 1. The molecule has 110 valence electrons. The molecule has 1 aliphatic carbocycles. The number of hydrogen-bond donors (Lipinski definition) is 2. The third kappa shape index (κ3) is 3.15. The highest BCUT2D eigenvalue weighted by molar-refractivity contribution is 9.10. The number of halogens is 1. The van der Waals surface area contributed by atoms with Crippen molar-refractivity contribution in [3.8, 4) is 5.75 Å².